The molecule has 0 radical (unpaired) electrons. The molecule has 2 rings (SSSR count). The van der Waals surface area contributed by atoms with Crippen molar-refractivity contribution < 1.29 is 0 Å². The maximum absolute atomic E-state index is 5.46. The largest absolute Gasteiger partial charge is 0.341 e. The Kier molecular flexibility index (Phi) is 4.76. The summed E-state index contributed by atoms with van der Waals surface area (Å²) in [5.74, 6) is 1.07. The predicted molar refractivity (Wildman–Crippen MR) is 76.2 cm³/mol. The molecule has 17 heavy (non-hydrogen) atoms. The predicted octanol–water partition coefficient (Wildman–Crippen LogP) is 3.57. The minimum absolute atomic E-state index is 0.784. The van der Waals surface area contributed by atoms with E-state index in [0.29, 0.717) is 0 Å². The number of halogens is 1. The number of H-pyrrole nitrogens is 1. The van der Waals surface area contributed by atoms with E-state index in [-0.39, 0.29) is 0 Å². The van der Waals surface area contributed by atoms with Crippen molar-refractivity contribution in [2.45, 2.75) is 25.7 Å². The number of rotatable bonds is 6. The molecule has 3 N–H and O–H groups in total. The van der Waals surface area contributed by atoms with E-state index in [1.165, 1.54) is 11.3 Å². The summed E-state index contributed by atoms with van der Waals surface area (Å²) in [5.41, 5.74) is 6.57. The normalized spacial score (nSPS) is 10.9. The molecule has 0 atom stereocenters. The van der Waals surface area contributed by atoms with Crippen LogP contribution < -0.4 is 5.73 Å². The zero-order valence-electron chi connectivity index (χ0n) is 9.58. The highest BCUT2D eigenvalue weighted by molar-refractivity contribution is 9.10. The standard InChI is InChI=1S/C12H16BrN3S/c13-9-6-11(17-8-9)10-7-15-12(16-10)4-2-1-3-5-14/h6-8H,1-5,14H2,(H,15,16). The number of aromatic amines is 1. The Morgan fingerprint density at radius 3 is 2.94 bits per heavy atom. The van der Waals surface area contributed by atoms with E-state index in [9.17, 15) is 0 Å². The van der Waals surface area contributed by atoms with Crippen molar-refractivity contribution in [2.75, 3.05) is 6.54 Å². The molecule has 0 bridgehead atoms. The highest BCUT2D eigenvalue weighted by Gasteiger charge is 2.05. The van der Waals surface area contributed by atoms with E-state index in [4.69, 9.17) is 5.73 Å². The number of aromatic nitrogens is 2. The SMILES string of the molecule is NCCCCCc1ncc(-c2cc(Br)cs2)[nH]1. The number of unbranched alkanes of at least 4 members (excludes halogenated alkanes) is 2. The molecule has 3 nitrogen and oxygen atoms in total. The van der Waals surface area contributed by atoms with E-state index >= 15 is 0 Å². The van der Waals surface area contributed by atoms with Crippen LogP contribution in [0.15, 0.2) is 22.1 Å². The Balaban J connectivity index is 1.92. The number of nitrogens with two attached hydrogens (primary N) is 1. The van der Waals surface area contributed by atoms with Crippen LogP contribution in [0.4, 0.5) is 0 Å². The molecule has 0 fully saturated rings. The second-order valence-corrected chi connectivity index (χ2v) is 5.80. The second kappa shape index (κ2) is 6.33. The summed E-state index contributed by atoms with van der Waals surface area (Å²) >= 11 is 5.17. The van der Waals surface area contributed by atoms with Crippen LogP contribution in [0.1, 0.15) is 25.1 Å². The molecule has 0 amide bonds. The summed E-state index contributed by atoms with van der Waals surface area (Å²) in [4.78, 5) is 8.99. The summed E-state index contributed by atoms with van der Waals surface area (Å²) in [6, 6.07) is 2.11. The number of hydrogen-bond acceptors (Lipinski definition) is 3. The highest BCUT2D eigenvalue weighted by Crippen LogP contribution is 2.28. The van der Waals surface area contributed by atoms with Crippen LogP contribution in [0.2, 0.25) is 0 Å². The van der Waals surface area contributed by atoms with Crippen molar-refractivity contribution >= 4 is 27.3 Å². The number of imidazole rings is 1. The van der Waals surface area contributed by atoms with Gasteiger partial charge in [0.15, 0.2) is 0 Å². The van der Waals surface area contributed by atoms with Crippen molar-refractivity contribution in [2.24, 2.45) is 5.73 Å². The quantitative estimate of drug-likeness (QED) is 0.801. The molecule has 2 aromatic heterocycles. The van der Waals surface area contributed by atoms with Gasteiger partial charge in [0.25, 0.3) is 0 Å². The fourth-order valence-electron chi connectivity index (χ4n) is 1.68. The monoisotopic (exact) mass is 313 g/mol. The maximum atomic E-state index is 5.46. The number of thiophene rings is 1. The summed E-state index contributed by atoms with van der Waals surface area (Å²) in [6.07, 6.45) is 6.35. The molecule has 0 aliphatic heterocycles. The minimum atomic E-state index is 0.784. The third-order valence-corrected chi connectivity index (χ3v) is 4.30. The molecule has 0 saturated heterocycles. The Hall–Kier alpha value is -0.650. The molecule has 2 heterocycles. The zero-order valence-corrected chi connectivity index (χ0v) is 12.0. The van der Waals surface area contributed by atoms with E-state index in [2.05, 4.69) is 37.3 Å². The summed E-state index contributed by atoms with van der Waals surface area (Å²) in [7, 11) is 0. The van der Waals surface area contributed by atoms with Crippen LogP contribution >= 0.6 is 27.3 Å². The van der Waals surface area contributed by atoms with Gasteiger partial charge >= 0.3 is 0 Å². The van der Waals surface area contributed by atoms with Gasteiger partial charge in [0.05, 0.1) is 16.8 Å². The van der Waals surface area contributed by atoms with Gasteiger partial charge in [-0.3, -0.25) is 0 Å². The summed E-state index contributed by atoms with van der Waals surface area (Å²) < 4.78 is 1.12. The van der Waals surface area contributed by atoms with Crippen LogP contribution in [0.3, 0.4) is 0 Å². The van der Waals surface area contributed by atoms with Crippen molar-refractivity contribution in [1.82, 2.24) is 9.97 Å². The van der Waals surface area contributed by atoms with Gasteiger partial charge in [-0.05, 0) is 41.4 Å². The molecule has 0 saturated carbocycles. The fourth-order valence-corrected chi connectivity index (χ4v) is 3.08. The average Bonchev–Trinajstić information content (AvgIpc) is 2.93. The van der Waals surface area contributed by atoms with Gasteiger partial charge in [-0.2, -0.15) is 0 Å². The summed E-state index contributed by atoms with van der Waals surface area (Å²) in [5, 5.41) is 2.08. The minimum Gasteiger partial charge on any atom is -0.341 e. The van der Waals surface area contributed by atoms with Gasteiger partial charge in [0.1, 0.15) is 5.82 Å². The average molecular weight is 314 g/mol. The van der Waals surface area contributed by atoms with Crippen molar-refractivity contribution in [3.05, 3.63) is 27.9 Å². The maximum Gasteiger partial charge on any atom is 0.106 e. The van der Waals surface area contributed by atoms with Crippen LogP contribution in [-0.4, -0.2) is 16.5 Å². The van der Waals surface area contributed by atoms with Gasteiger partial charge < -0.3 is 10.7 Å². The van der Waals surface area contributed by atoms with E-state index < -0.39 is 0 Å². The third kappa shape index (κ3) is 3.66. The lowest BCUT2D eigenvalue weighted by Crippen LogP contribution is -1.98. The molecular weight excluding hydrogens is 298 g/mol. The molecule has 0 aromatic carbocycles. The first-order chi connectivity index (χ1) is 8.29. The van der Waals surface area contributed by atoms with Crippen molar-refractivity contribution in [3.8, 4) is 10.6 Å². The van der Waals surface area contributed by atoms with Crippen LogP contribution in [-0.2, 0) is 6.42 Å². The topological polar surface area (TPSA) is 54.7 Å². The molecule has 2 aromatic rings. The number of nitrogens with zero attached hydrogens (tertiary/aromatic N) is 1. The van der Waals surface area contributed by atoms with Crippen molar-refractivity contribution in [3.63, 3.8) is 0 Å². The molecule has 0 aliphatic rings. The lowest BCUT2D eigenvalue weighted by atomic mass is 10.2. The van der Waals surface area contributed by atoms with Gasteiger partial charge in [0.2, 0.25) is 0 Å². The van der Waals surface area contributed by atoms with E-state index in [1.54, 1.807) is 11.3 Å². The van der Waals surface area contributed by atoms with Crippen LogP contribution in [0.5, 0.6) is 0 Å². The van der Waals surface area contributed by atoms with E-state index in [0.717, 1.165) is 41.8 Å². The molecule has 0 aliphatic carbocycles. The molecular formula is C12H16BrN3S. The smallest absolute Gasteiger partial charge is 0.106 e. The van der Waals surface area contributed by atoms with Gasteiger partial charge in [0, 0.05) is 16.3 Å². The summed E-state index contributed by atoms with van der Waals surface area (Å²) in [6.45, 7) is 0.784. The van der Waals surface area contributed by atoms with Crippen LogP contribution in [0, 0.1) is 0 Å². The zero-order chi connectivity index (χ0) is 12.1. The first-order valence-corrected chi connectivity index (χ1v) is 7.45. The van der Waals surface area contributed by atoms with E-state index in [1.807, 2.05) is 6.20 Å². The first-order valence-electron chi connectivity index (χ1n) is 5.78. The highest BCUT2D eigenvalue weighted by atomic mass is 79.9. The number of hydrogen-bond donors (Lipinski definition) is 2. The van der Waals surface area contributed by atoms with Gasteiger partial charge in [-0.1, -0.05) is 6.42 Å². The second-order valence-electron chi connectivity index (χ2n) is 3.97. The molecule has 0 unspecified atom stereocenters. The number of aryl methyl sites for hydroxylation is 1. The Morgan fingerprint density at radius 1 is 1.35 bits per heavy atom. The lowest BCUT2D eigenvalue weighted by Gasteiger charge is -1.96. The first kappa shape index (κ1) is 12.8. The van der Waals surface area contributed by atoms with Crippen molar-refractivity contribution in [1.29, 1.82) is 0 Å². The van der Waals surface area contributed by atoms with Gasteiger partial charge in [-0.25, -0.2) is 4.98 Å². The lowest BCUT2D eigenvalue weighted by molar-refractivity contribution is 0.673. The van der Waals surface area contributed by atoms with Gasteiger partial charge in [-0.15, -0.1) is 11.3 Å². The fraction of sp³-hybridized carbons (Fsp3) is 0.417. The Labute approximate surface area is 114 Å². The third-order valence-electron chi connectivity index (χ3n) is 2.58. The Bertz CT molecular complexity index is 464. The molecule has 0 spiro atoms. The molecule has 92 valence electrons. The number of nitrogens with one attached hydrogen (secondary N) is 1. The molecule has 5 heteroatoms. The Morgan fingerprint density at radius 2 is 2.24 bits per heavy atom. The van der Waals surface area contributed by atoms with Crippen LogP contribution in [0.25, 0.3) is 10.6 Å².